The van der Waals surface area contributed by atoms with Crippen molar-refractivity contribution in [2.45, 2.75) is 50.7 Å². The maximum atomic E-state index is 9.53. The van der Waals surface area contributed by atoms with Gasteiger partial charge in [-0.05, 0) is 24.2 Å². The van der Waals surface area contributed by atoms with Gasteiger partial charge in [-0.15, -0.1) is 0 Å². The van der Waals surface area contributed by atoms with Crippen LogP contribution in [0.5, 0.6) is 11.5 Å². The van der Waals surface area contributed by atoms with Gasteiger partial charge in [-0.3, -0.25) is 4.68 Å². The van der Waals surface area contributed by atoms with Crippen LogP contribution >= 0.6 is 0 Å². The number of hydrogen-bond acceptors (Lipinski definition) is 8. The normalized spacial score (nSPS) is 16.5. The van der Waals surface area contributed by atoms with Crippen molar-refractivity contribution < 1.29 is 14.2 Å². The van der Waals surface area contributed by atoms with Crippen LogP contribution in [-0.4, -0.2) is 52.1 Å². The molecule has 6 rings (SSSR count). The zero-order valence-corrected chi connectivity index (χ0v) is 22.8. The summed E-state index contributed by atoms with van der Waals surface area (Å²) >= 11 is 0. The molecular weight excluding hydrogens is 498 g/mol. The fourth-order valence-electron chi connectivity index (χ4n) is 4.79. The van der Waals surface area contributed by atoms with Crippen LogP contribution in [0.2, 0.25) is 25.7 Å². The predicted octanol–water partition coefficient (Wildman–Crippen LogP) is 4.29. The summed E-state index contributed by atoms with van der Waals surface area (Å²) in [7, 11) is -1.16. The molecule has 2 aliphatic rings. The molecular formula is C27H31N7O3Si. The van der Waals surface area contributed by atoms with E-state index in [1.807, 2.05) is 52.0 Å². The number of ether oxygens (including phenoxy) is 3. The van der Waals surface area contributed by atoms with Crippen LogP contribution in [-0.2, 0) is 17.0 Å². The summed E-state index contributed by atoms with van der Waals surface area (Å²) < 4.78 is 22.2. The van der Waals surface area contributed by atoms with Crippen LogP contribution in [0.4, 0.5) is 0 Å². The van der Waals surface area contributed by atoms with E-state index >= 15 is 0 Å². The number of benzene rings is 1. The van der Waals surface area contributed by atoms with E-state index in [2.05, 4.69) is 41.0 Å². The topological polar surface area (TPSA) is 112 Å². The number of nitrogens with one attached hydrogen (secondary N) is 1. The van der Waals surface area contributed by atoms with Crippen LogP contribution in [0.1, 0.15) is 18.4 Å². The summed E-state index contributed by atoms with van der Waals surface area (Å²) in [5, 5.41) is 18.7. The van der Waals surface area contributed by atoms with Gasteiger partial charge >= 0.3 is 0 Å². The average Bonchev–Trinajstić information content (AvgIpc) is 3.60. The lowest BCUT2D eigenvalue weighted by atomic mass is 9.89. The van der Waals surface area contributed by atoms with Gasteiger partial charge in [0.05, 0.1) is 18.2 Å². The Hall–Kier alpha value is -3.72. The highest BCUT2D eigenvalue weighted by molar-refractivity contribution is 6.76. The SMILES string of the molecule is C[Si](C)(C)CCOCn1ccc2c(-c3cn(C4(CC#N)CNC4)nc3C3Oc4ccccc4O3)ncnc21. The first-order valence-corrected chi connectivity index (χ1v) is 16.6. The molecule has 0 spiro atoms. The minimum atomic E-state index is -1.16. The van der Waals surface area contributed by atoms with Gasteiger partial charge in [-0.25, -0.2) is 9.97 Å². The van der Waals surface area contributed by atoms with Gasteiger partial charge in [0.2, 0.25) is 0 Å². The van der Waals surface area contributed by atoms with Crippen molar-refractivity contribution in [3.8, 4) is 28.8 Å². The van der Waals surface area contributed by atoms with E-state index < -0.39 is 19.9 Å². The van der Waals surface area contributed by atoms with Crippen LogP contribution < -0.4 is 14.8 Å². The third-order valence-electron chi connectivity index (χ3n) is 7.12. The van der Waals surface area contributed by atoms with Crippen LogP contribution in [0.15, 0.2) is 49.1 Å². The van der Waals surface area contributed by atoms with Crippen LogP contribution in [0, 0.1) is 11.3 Å². The van der Waals surface area contributed by atoms with Gasteiger partial charge in [-0.2, -0.15) is 10.4 Å². The lowest BCUT2D eigenvalue weighted by molar-refractivity contribution is 0.0428. The minimum Gasteiger partial charge on any atom is -0.445 e. The first-order valence-electron chi connectivity index (χ1n) is 12.8. The number of aromatic nitrogens is 5. The van der Waals surface area contributed by atoms with Crippen molar-refractivity contribution in [1.29, 1.82) is 5.26 Å². The molecule has 38 heavy (non-hydrogen) atoms. The summed E-state index contributed by atoms with van der Waals surface area (Å²) in [4.78, 5) is 9.25. The number of rotatable bonds is 9. The fourth-order valence-corrected chi connectivity index (χ4v) is 5.55. The Morgan fingerprint density at radius 3 is 2.58 bits per heavy atom. The molecule has 2 aliphatic heterocycles. The van der Waals surface area contributed by atoms with Crippen molar-refractivity contribution in [2.24, 2.45) is 0 Å². The molecule has 4 aromatic rings. The Kier molecular flexibility index (Phi) is 6.18. The standard InChI is InChI=1S/C27H31N7O3Si/c1-38(2,3)13-12-35-18-33-11-8-19-23(30-17-31-25(19)33)20-14-34(27(9-10-28)15-29-16-27)32-24(20)26-36-21-6-4-5-7-22(21)37-26/h4-8,11,14,17,26,29H,9,12-13,15-16,18H2,1-3H3. The van der Waals surface area contributed by atoms with Gasteiger partial charge < -0.3 is 24.1 Å². The number of fused-ring (bicyclic) bond motifs is 2. The van der Waals surface area contributed by atoms with Crippen molar-refractivity contribution >= 4 is 19.1 Å². The molecule has 1 fully saturated rings. The third kappa shape index (κ3) is 4.45. The molecule has 0 saturated carbocycles. The van der Waals surface area contributed by atoms with Gasteiger partial charge in [0.15, 0.2) is 17.2 Å². The zero-order chi connectivity index (χ0) is 26.3. The van der Waals surface area contributed by atoms with E-state index in [1.165, 1.54) is 0 Å². The lowest BCUT2D eigenvalue weighted by Crippen LogP contribution is -2.60. The van der Waals surface area contributed by atoms with Crippen molar-refractivity contribution in [3.05, 3.63) is 54.7 Å². The first kappa shape index (κ1) is 24.6. The second-order valence-electron chi connectivity index (χ2n) is 11.1. The van der Waals surface area contributed by atoms with E-state index in [0.717, 1.165) is 34.9 Å². The second-order valence-corrected chi connectivity index (χ2v) is 16.8. The van der Waals surface area contributed by atoms with Gasteiger partial charge in [-0.1, -0.05) is 31.8 Å². The first-order chi connectivity index (χ1) is 18.4. The highest BCUT2D eigenvalue weighted by Crippen LogP contribution is 2.43. The summed E-state index contributed by atoms with van der Waals surface area (Å²) in [5.41, 5.74) is 2.51. The van der Waals surface area contributed by atoms with E-state index in [-0.39, 0.29) is 0 Å². The minimum absolute atomic E-state index is 0.345. The van der Waals surface area contributed by atoms with Crippen LogP contribution in [0.3, 0.4) is 0 Å². The molecule has 1 saturated heterocycles. The summed E-state index contributed by atoms with van der Waals surface area (Å²) in [5.74, 6) is 1.34. The zero-order valence-electron chi connectivity index (χ0n) is 21.8. The molecule has 10 nitrogen and oxygen atoms in total. The summed E-state index contributed by atoms with van der Waals surface area (Å²) in [6.45, 7) is 9.52. The molecule has 0 aliphatic carbocycles. The third-order valence-corrected chi connectivity index (χ3v) is 8.83. The largest absolute Gasteiger partial charge is 0.445 e. The van der Waals surface area contributed by atoms with E-state index in [0.29, 0.717) is 43.4 Å². The van der Waals surface area contributed by atoms with Gasteiger partial charge in [0, 0.05) is 51.1 Å². The van der Waals surface area contributed by atoms with Crippen molar-refractivity contribution in [1.82, 2.24) is 29.6 Å². The molecule has 0 unspecified atom stereocenters. The van der Waals surface area contributed by atoms with E-state index in [4.69, 9.17) is 19.3 Å². The maximum Gasteiger partial charge on any atom is 0.287 e. The molecule has 5 heterocycles. The molecule has 0 radical (unpaired) electrons. The fraction of sp³-hybridized carbons (Fsp3) is 0.407. The smallest absolute Gasteiger partial charge is 0.287 e. The highest BCUT2D eigenvalue weighted by atomic mass is 28.3. The second kappa shape index (κ2) is 9.54. The molecule has 1 N–H and O–H groups in total. The Labute approximate surface area is 222 Å². The Balaban J connectivity index is 1.37. The molecule has 0 atom stereocenters. The Morgan fingerprint density at radius 2 is 1.92 bits per heavy atom. The summed E-state index contributed by atoms with van der Waals surface area (Å²) in [6, 6.07) is 13.0. The van der Waals surface area contributed by atoms with Crippen LogP contribution in [0.25, 0.3) is 22.3 Å². The highest BCUT2D eigenvalue weighted by Gasteiger charge is 2.42. The molecule has 0 amide bonds. The van der Waals surface area contributed by atoms with Gasteiger partial charge in [0.1, 0.15) is 24.2 Å². The number of para-hydroxylation sites is 2. The van der Waals surface area contributed by atoms with E-state index in [1.54, 1.807) is 6.33 Å². The molecule has 0 bridgehead atoms. The Morgan fingerprint density at radius 1 is 1.16 bits per heavy atom. The maximum absolute atomic E-state index is 9.53. The van der Waals surface area contributed by atoms with Gasteiger partial charge in [0.25, 0.3) is 6.29 Å². The predicted molar refractivity (Wildman–Crippen MR) is 144 cm³/mol. The monoisotopic (exact) mass is 529 g/mol. The number of hydrogen-bond donors (Lipinski definition) is 1. The van der Waals surface area contributed by atoms with Crippen molar-refractivity contribution in [2.75, 3.05) is 19.7 Å². The quantitative estimate of drug-likeness (QED) is 0.252. The number of nitriles is 1. The molecule has 1 aromatic carbocycles. The molecule has 11 heteroatoms. The summed E-state index contributed by atoms with van der Waals surface area (Å²) in [6.07, 6.45) is 5.13. The Bertz CT molecular complexity index is 1490. The average molecular weight is 530 g/mol. The van der Waals surface area contributed by atoms with Crippen molar-refractivity contribution in [3.63, 3.8) is 0 Å². The molecule has 3 aromatic heterocycles. The lowest BCUT2D eigenvalue weighted by Gasteiger charge is -2.41. The molecule has 196 valence electrons. The van der Waals surface area contributed by atoms with E-state index in [9.17, 15) is 5.26 Å². The number of nitrogens with zero attached hydrogens (tertiary/aromatic N) is 6.